The maximum absolute atomic E-state index is 4.93. The lowest BCUT2D eigenvalue weighted by Gasteiger charge is -1.90. The van der Waals surface area contributed by atoms with E-state index in [4.69, 9.17) is 4.74 Å². The molecular weight excluding hydrogens is 188 g/mol. The predicted molar refractivity (Wildman–Crippen MR) is 37.4 cm³/mol. The second-order valence-electron chi connectivity index (χ2n) is 1.20. The van der Waals surface area contributed by atoms with Gasteiger partial charge in [0.25, 0.3) is 0 Å². The molecule has 8 heavy (non-hydrogen) atoms. The summed E-state index contributed by atoms with van der Waals surface area (Å²) in [6, 6.07) is 1.84. The highest BCUT2D eigenvalue weighted by atomic mass is 79.9. The molecule has 0 atom stereocenters. The van der Waals surface area contributed by atoms with Crippen molar-refractivity contribution in [1.82, 2.24) is 0 Å². The van der Waals surface area contributed by atoms with Gasteiger partial charge in [0.1, 0.15) is 0 Å². The summed E-state index contributed by atoms with van der Waals surface area (Å²) in [6.45, 7) is 0. The molecule has 0 aliphatic rings. The molecule has 1 radical (unpaired) electrons. The highest BCUT2D eigenvalue weighted by molar-refractivity contribution is 9.10. The monoisotopic (exact) mass is 191 g/mol. The molecule has 0 saturated carbocycles. The minimum atomic E-state index is 0.880. The first-order valence-electron chi connectivity index (χ1n) is 2.04. The Morgan fingerprint density at radius 1 is 1.88 bits per heavy atom. The van der Waals surface area contributed by atoms with Gasteiger partial charge in [-0.05, 0) is 22.0 Å². The Balaban J connectivity index is 2.92. The number of methoxy groups -OCH3 is 1. The van der Waals surface area contributed by atoms with Crippen molar-refractivity contribution in [2.75, 3.05) is 7.11 Å². The lowest BCUT2D eigenvalue weighted by molar-refractivity contribution is 0.425. The highest BCUT2D eigenvalue weighted by Crippen LogP contribution is 2.29. The molecule has 0 aromatic carbocycles. The third-order valence-corrected chi connectivity index (χ3v) is 2.38. The number of rotatable bonds is 1. The van der Waals surface area contributed by atoms with Gasteiger partial charge in [0.05, 0.1) is 11.6 Å². The van der Waals surface area contributed by atoms with Crippen molar-refractivity contribution >= 4 is 27.3 Å². The van der Waals surface area contributed by atoms with E-state index < -0.39 is 0 Å². The molecule has 43 valence electrons. The van der Waals surface area contributed by atoms with E-state index in [0.29, 0.717) is 0 Å². The molecule has 1 rings (SSSR count). The van der Waals surface area contributed by atoms with Crippen molar-refractivity contribution in [3.8, 4) is 5.06 Å². The zero-order valence-corrected chi connectivity index (χ0v) is 6.67. The molecule has 0 aliphatic carbocycles. The van der Waals surface area contributed by atoms with Crippen LogP contribution in [0.3, 0.4) is 0 Å². The molecule has 0 aliphatic heterocycles. The second kappa shape index (κ2) is 2.51. The Labute approximate surface area is 60.4 Å². The third kappa shape index (κ3) is 1.03. The van der Waals surface area contributed by atoms with Crippen LogP contribution in [0.5, 0.6) is 5.06 Å². The fraction of sp³-hybridized carbons (Fsp3) is 0.200. The minimum absolute atomic E-state index is 0.880. The Morgan fingerprint density at radius 2 is 2.62 bits per heavy atom. The van der Waals surface area contributed by atoms with Gasteiger partial charge in [0.15, 0.2) is 5.06 Å². The molecule has 3 heteroatoms. The molecular formula is C5H4BrOS. The van der Waals surface area contributed by atoms with E-state index >= 15 is 0 Å². The minimum Gasteiger partial charge on any atom is -0.486 e. The maximum Gasteiger partial charge on any atom is 0.188 e. The van der Waals surface area contributed by atoms with Gasteiger partial charge in [-0.1, -0.05) is 11.3 Å². The first kappa shape index (κ1) is 6.11. The van der Waals surface area contributed by atoms with Crippen molar-refractivity contribution in [2.45, 2.75) is 0 Å². The molecule has 1 heterocycles. The second-order valence-corrected chi connectivity index (χ2v) is 2.87. The molecule has 1 nitrogen and oxygen atoms in total. The third-order valence-electron chi connectivity index (χ3n) is 0.718. The van der Waals surface area contributed by atoms with Crippen molar-refractivity contribution in [1.29, 1.82) is 0 Å². The summed E-state index contributed by atoms with van der Waals surface area (Å²) >= 11 is 4.74. The molecule has 1 aromatic rings. The van der Waals surface area contributed by atoms with Gasteiger partial charge in [-0.25, -0.2) is 0 Å². The average molecular weight is 192 g/mol. The largest absolute Gasteiger partial charge is 0.486 e. The van der Waals surface area contributed by atoms with Gasteiger partial charge >= 0.3 is 0 Å². The van der Waals surface area contributed by atoms with E-state index in [1.54, 1.807) is 7.11 Å². The SMILES string of the molecule is COc1s[c]cc1Br. The maximum atomic E-state index is 4.93. The summed E-state index contributed by atoms with van der Waals surface area (Å²) in [4.78, 5) is 0. The van der Waals surface area contributed by atoms with Crippen LogP contribution in [0.15, 0.2) is 10.5 Å². The molecule has 0 fully saturated rings. The molecule has 0 saturated heterocycles. The van der Waals surface area contributed by atoms with Crippen LogP contribution in [0.4, 0.5) is 0 Å². The zero-order chi connectivity index (χ0) is 5.98. The summed E-state index contributed by atoms with van der Waals surface area (Å²) in [5.74, 6) is 0. The van der Waals surface area contributed by atoms with Crippen molar-refractivity contribution in [3.63, 3.8) is 0 Å². The quantitative estimate of drug-likeness (QED) is 0.663. The van der Waals surface area contributed by atoms with E-state index in [2.05, 4.69) is 21.3 Å². The van der Waals surface area contributed by atoms with Crippen molar-refractivity contribution in [2.24, 2.45) is 0 Å². The van der Waals surface area contributed by atoms with Gasteiger partial charge in [-0.2, -0.15) is 0 Å². The molecule has 0 N–H and O–H groups in total. The summed E-state index contributed by atoms with van der Waals surface area (Å²) in [7, 11) is 1.64. The Kier molecular flexibility index (Phi) is 1.91. The van der Waals surface area contributed by atoms with Crippen molar-refractivity contribution in [3.05, 3.63) is 15.9 Å². The van der Waals surface area contributed by atoms with Crippen molar-refractivity contribution < 1.29 is 4.74 Å². The topological polar surface area (TPSA) is 9.23 Å². The van der Waals surface area contributed by atoms with Gasteiger partial charge in [-0.3, -0.25) is 0 Å². The van der Waals surface area contributed by atoms with E-state index in [1.165, 1.54) is 11.3 Å². The molecule has 0 unspecified atom stereocenters. The van der Waals surface area contributed by atoms with Crippen LogP contribution >= 0.6 is 27.3 Å². The van der Waals surface area contributed by atoms with E-state index in [1.807, 2.05) is 6.07 Å². The van der Waals surface area contributed by atoms with Crippen LogP contribution in [0.25, 0.3) is 0 Å². The fourth-order valence-electron chi connectivity index (χ4n) is 0.382. The first-order chi connectivity index (χ1) is 3.84. The molecule has 1 aromatic heterocycles. The van der Waals surface area contributed by atoms with E-state index in [0.717, 1.165) is 9.54 Å². The normalized spacial score (nSPS) is 9.25. The number of thiophene rings is 1. The number of ether oxygens (including phenoxy) is 1. The van der Waals surface area contributed by atoms with E-state index in [9.17, 15) is 0 Å². The predicted octanol–water partition coefficient (Wildman–Crippen LogP) is 2.32. The summed E-state index contributed by atoms with van der Waals surface area (Å²) in [5.41, 5.74) is 0. The molecule has 0 bridgehead atoms. The fourth-order valence-corrected chi connectivity index (χ4v) is 1.58. The van der Waals surface area contributed by atoms with Crippen LogP contribution in [0, 0.1) is 5.38 Å². The van der Waals surface area contributed by atoms with Crippen LogP contribution in [-0.4, -0.2) is 7.11 Å². The van der Waals surface area contributed by atoms with E-state index in [-0.39, 0.29) is 0 Å². The summed E-state index contributed by atoms with van der Waals surface area (Å²) in [6.07, 6.45) is 0. The lowest BCUT2D eigenvalue weighted by atomic mass is 10.6. The smallest absolute Gasteiger partial charge is 0.188 e. The number of hydrogen-bond donors (Lipinski definition) is 0. The number of halogens is 1. The Morgan fingerprint density at radius 3 is 2.88 bits per heavy atom. The van der Waals surface area contributed by atoms with Crippen LogP contribution in [-0.2, 0) is 0 Å². The average Bonchev–Trinajstić information content (AvgIpc) is 2.14. The Hall–Kier alpha value is -0.0200. The van der Waals surface area contributed by atoms with Gasteiger partial charge < -0.3 is 4.74 Å². The summed E-state index contributed by atoms with van der Waals surface area (Å²) in [5, 5.41) is 3.80. The van der Waals surface area contributed by atoms with Gasteiger partial charge in [0, 0.05) is 5.38 Å². The van der Waals surface area contributed by atoms with Crippen LogP contribution in [0.1, 0.15) is 0 Å². The molecule has 0 amide bonds. The molecule has 0 spiro atoms. The zero-order valence-electron chi connectivity index (χ0n) is 4.27. The van der Waals surface area contributed by atoms with Crippen LogP contribution < -0.4 is 4.74 Å². The first-order valence-corrected chi connectivity index (χ1v) is 3.65. The van der Waals surface area contributed by atoms with Gasteiger partial charge in [0.2, 0.25) is 0 Å². The highest BCUT2D eigenvalue weighted by Gasteiger charge is 1.97. The summed E-state index contributed by atoms with van der Waals surface area (Å²) < 4.78 is 5.90. The Bertz CT molecular complexity index is 173. The van der Waals surface area contributed by atoms with Gasteiger partial charge in [-0.15, -0.1) is 0 Å². The standard InChI is InChI=1S/C5H4BrOS/c1-7-5-4(6)2-3-8-5/h2H,1H3. The number of hydrogen-bond acceptors (Lipinski definition) is 2. The van der Waals surface area contributed by atoms with Crippen LogP contribution in [0.2, 0.25) is 0 Å². The lowest BCUT2D eigenvalue weighted by Crippen LogP contribution is -1.75.